The van der Waals surface area contributed by atoms with Crippen molar-refractivity contribution in [2.75, 3.05) is 4.31 Å². The zero-order chi connectivity index (χ0) is 23.0. The molecule has 31 heavy (non-hydrogen) atoms. The normalized spacial score (nSPS) is 12.8. The van der Waals surface area contributed by atoms with Gasteiger partial charge in [-0.05, 0) is 61.4 Å². The molecule has 0 fully saturated rings. The molecule has 3 aromatic rings. The molecule has 0 amide bonds. The van der Waals surface area contributed by atoms with Crippen LogP contribution in [0.1, 0.15) is 37.8 Å². The average Bonchev–Trinajstić information content (AvgIpc) is 2.70. The summed E-state index contributed by atoms with van der Waals surface area (Å²) >= 11 is 0. The molecule has 3 rings (SSSR count). The van der Waals surface area contributed by atoms with Crippen molar-refractivity contribution >= 4 is 34.1 Å². The Morgan fingerprint density at radius 3 is 2.00 bits per heavy atom. The SMILES string of the molecule is CCC(CC)(N(c1cccc2ccccc12)S(=O)(=O)c1cc(C)cc(C)c1)P(=O)(O)O. The lowest BCUT2D eigenvalue weighted by molar-refractivity contribution is 0.317. The summed E-state index contributed by atoms with van der Waals surface area (Å²) in [4.78, 5) is 20.9. The summed E-state index contributed by atoms with van der Waals surface area (Å²) in [5.41, 5.74) is 1.77. The van der Waals surface area contributed by atoms with E-state index in [1.165, 1.54) is 12.1 Å². The molecule has 6 nitrogen and oxygen atoms in total. The van der Waals surface area contributed by atoms with Crippen LogP contribution in [0.5, 0.6) is 0 Å². The van der Waals surface area contributed by atoms with Gasteiger partial charge in [0.15, 0.2) is 5.28 Å². The Labute approximate surface area is 183 Å². The molecule has 0 saturated heterocycles. The number of sulfonamides is 1. The summed E-state index contributed by atoms with van der Waals surface area (Å²) < 4.78 is 42.0. The molecule has 0 bridgehead atoms. The molecule has 0 unspecified atom stereocenters. The van der Waals surface area contributed by atoms with E-state index in [9.17, 15) is 22.8 Å². The quantitative estimate of drug-likeness (QED) is 0.463. The van der Waals surface area contributed by atoms with Crippen molar-refractivity contribution < 1.29 is 22.8 Å². The maximum Gasteiger partial charge on any atom is 0.351 e. The van der Waals surface area contributed by atoms with E-state index >= 15 is 0 Å². The molecule has 0 radical (unpaired) electrons. The van der Waals surface area contributed by atoms with Crippen LogP contribution in [-0.2, 0) is 14.6 Å². The molecule has 2 N–H and O–H groups in total. The molecule has 8 heteroatoms. The highest BCUT2D eigenvalue weighted by Crippen LogP contribution is 2.59. The van der Waals surface area contributed by atoms with E-state index in [4.69, 9.17) is 0 Å². The van der Waals surface area contributed by atoms with Crippen LogP contribution in [0.4, 0.5) is 5.69 Å². The number of nitrogens with zero attached hydrogens (tertiary/aromatic N) is 1. The van der Waals surface area contributed by atoms with Crippen LogP contribution in [0.25, 0.3) is 10.8 Å². The van der Waals surface area contributed by atoms with Gasteiger partial charge in [0.2, 0.25) is 0 Å². The van der Waals surface area contributed by atoms with E-state index in [0.29, 0.717) is 5.39 Å². The van der Waals surface area contributed by atoms with Gasteiger partial charge in [-0.25, -0.2) is 12.7 Å². The molecule has 0 heterocycles. The monoisotopic (exact) mass is 461 g/mol. The van der Waals surface area contributed by atoms with Crippen molar-refractivity contribution in [3.63, 3.8) is 0 Å². The van der Waals surface area contributed by atoms with Gasteiger partial charge in [0, 0.05) is 5.39 Å². The fourth-order valence-electron chi connectivity index (χ4n) is 4.22. The number of fused-ring (bicyclic) bond motifs is 1. The highest BCUT2D eigenvalue weighted by Gasteiger charge is 2.54. The van der Waals surface area contributed by atoms with Crippen LogP contribution < -0.4 is 4.31 Å². The molecule has 0 spiro atoms. The number of rotatable bonds is 7. The van der Waals surface area contributed by atoms with E-state index in [1.807, 2.05) is 24.3 Å². The van der Waals surface area contributed by atoms with Gasteiger partial charge in [0.05, 0.1) is 10.6 Å². The Balaban J connectivity index is 2.46. The van der Waals surface area contributed by atoms with Crippen LogP contribution in [0.3, 0.4) is 0 Å². The zero-order valence-electron chi connectivity index (χ0n) is 18.1. The van der Waals surface area contributed by atoms with E-state index in [0.717, 1.165) is 20.8 Å². The van der Waals surface area contributed by atoms with Crippen molar-refractivity contribution in [2.24, 2.45) is 0 Å². The van der Waals surface area contributed by atoms with Gasteiger partial charge < -0.3 is 9.79 Å². The standard InChI is InChI=1S/C23H28NO5PS/c1-5-23(6-2,30(25,26)27)24(22-13-9-11-19-10-7-8-12-21(19)22)31(28,29)20-15-17(3)14-18(4)16-20/h7-16H,5-6H2,1-4H3,(H2,25,26,27). The summed E-state index contributed by atoms with van der Waals surface area (Å²) in [6.07, 6.45) is -0.109. The molecule has 166 valence electrons. The molecule has 0 aliphatic carbocycles. The minimum absolute atomic E-state index is 0.0117. The van der Waals surface area contributed by atoms with Gasteiger partial charge in [-0.15, -0.1) is 0 Å². The van der Waals surface area contributed by atoms with Crippen molar-refractivity contribution in [3.05, 3.63) is 71.8 Å². The van der Waals surface area contributed by atoms with Crippen LogP contribution in [0.15, 0.2) is 65.6 Å². The number of hydrogen-bond acceptors (Lipinski definition) is 3. The second kappa shape index (κ2) is 8.40. The predicted molar refractivity (Wildman–Crippen MR) is 125 cm³/mol. The molecular weight excluding hydrogens is 433 g/mol. The van der Waals surface area contributed by atoms with Gasteiger partial charge in [-0.1, -0.05) is 56.3 Å². The molecule has 0 aromatic heterocycles. The maximum atomic E-state index is 14.1. The van der Waals surface area contributed by atoms with Crippen molar-refractivity contribution in [1.29, 1.82) is 0 Å². The van der Waals surface area contributed by atoms with Crippen molar-refractivity contribution in [1.82, 2.24) is 0 Å². The lowest BCUT2D eigenvalue weighted by atomic mass is 10.1. The third-order valence-electron chi connectivity index (χ3n) is 5.77. The van der Waals surface area contributed by atoms with Crippen LogP contribution in [0, 0.1) is 13.8 Å². The minimum atomic E-state index is -4.90. The fourth-order valence-corrected chi connectivity index (χ4v) is 8.03. The highest BCUT2D eigenvalue weighted by molar-refractivity contribution is 7.93. The van der Waals surface area contributed by atoms with E-state index in [2.05, 4.69) is 0 Å². The minimum Gasteiger partial charge on any atom is -0.323 e. The topological polar surface area (TPSA) is 94.9 Å². The molecule has 0 saturated carbocycles. The smallest absolute Gasteiger partial charge is 0.323 e. The third-order valence-corrected chi connectivity index (χ3v) is 9.68. The number of hydrogen-bond donors (Lipinski definition) is 2. The highest BCUT2D eigenvalue weighted by atomic mass is 32.2. The summed E-state index contributed by atoms with van der Waals surface area (Å²) in [7, 11) is -9.21. The summed E-state index contributed by atoms with van der Waals surface area (Å²) in [6, 6.07) is 17.3. The predicted octanol–water partition coefficient (Wildman–Crippen LogP) is 5.35. The molecule has 0 aliphatic rings. The summed E-state index contributed by atoms with van der Waals surface area (Å²) in [6.45, 7) is 6.81. The van der Waals surface area contributed by atoms with Crippen LogP contribution >= 0.6 is 7.60 Å². The first-order valence-electron chi connectivity index (χ1n) is 10.1. The van der Waals surface area contributed by atoms with Gasteiger partial charge in [-0.2, -0.15) is 0 Å². The number of anilines is 1. The fraction of sp³-hybridized carbons (Fsp3) is 0.304. The zero-order valence-corrected chi connectivity index (χ0v) is 19.8. The lowest BCUT2D eigenvalue weighted by Gasteiger charge is -2.43. The van der Waals surface area contributed by atoms with Crippen molar-refractivity contribution in [3.8, 4) is 0 Å². The van der Waals surface area contributed by atoms with E-state index in [1.54, 1.807) is 52.0 Å². The first-order chi connectivity index (χ1) is 14.5. The Morgan fingerprint density at radius 1 is 0.903 bits per heavy atom. The number of benzene rings is 3. The van der Waals surface area contributed by atoms with E-state index < -0.39 is 22.9 Å². The summed E-state index contributed by atoms with van der Waals surface area (Å²) in [5, 5.41) is -0.529. The molecule has 0 aliphatic heterocycles. The Hall–Kier alpha value is -2.18. The summed E-state index contributed by atoms with van der Waals surface area (Å²) in [5.74, 6) is 0. The van der Waals surface area contributed by atoms with Gasteiger partial charge in [0.25, 0.3) is 10.0 Å². The second-order valence-corrected chi connectivity index (χ2v) is 11.5. The molecular formula is C23H28NO5PS. The largest absolute Gasteiger partial charge is 0.351 e. The average molecular weight is 462 g/mol. The molecule has 0 atom stereocenters. The van der Waals surface area contributed by atoms with Gasteiger partial charge in [0.1, 0.15) is 0 Å². The number of aryl methyl sites for hydroxylation is 2. The Kier molecular flexibility index (Phi) is 6.36. The van der Waals surface area contributed by atoms with Crippen molar-refractivity contribution in [2.45, 2.75) is 50.7 Å². The first kappa shape index (κ1) is 23.5. The Morgan fingerprint density at radius 2 is 1.45 bits per heavy atom. The lowest BCUT2D eigenvalue weighted by Crippen LogP contribution is -2.51. The van der Waals surface area contributed by atoms with Crippen LogP contribution in [-0.4, -0.2) is 23.5 Å². The maximum absolute atomic E-state index is 14.1. The van der Waals surface area contributed by atoms with Gasteiger partial charge >= 0.3 is 7.60 Å². The van der Waals surface area contributed by atoms with Gasteiger partial charge in [-0.3, -0.25) is 4.57 Å². The van der Waals surface area contributed by atoms with Crippen LogP contribution in [0.2, 0.25) is 0 Å². The third kappa shape index (κ3) is 4.03. The first-order valence-corrected chi connectivity index (χ1v) is 13.2. The Bertz CT molecular complexity index is 1240. The molecule has 3 aromatic carbocycles. The second-order valence-electron chi connectivity index (χ2n) is 7.82. The van der Waals surface area contributed by atoms with E-state index in [-0.39, 0.29) is 23.4 Å².